The molecule has 0 bridgehead atoms. The van der Waals surface area contributed by atoms with Crippen LogP contribution in [0.4, 0.5) is 5.69 Å². The summed E-state index contributed by atoms with van der Waals surface area (Å²) >= 11 is 7.36. The van der Waals surface area contributed by atoms with Crippen molar-refractivity contribution in [3.05, 3.63) is 56.1 Å². The fraction of sp³-hybridized carbons (Fsp3) is 0.125. The molecule has 0 atom stereocenters. The molecule has 3 aromatic rings. The number of hydrogen-bond acceptors (Lipinski definition) is 4. The van der Waals surface area contributed by atoms with E-state index in [1.54, 1.807) is 36.7 Å². The molecule has 5 nitrogen and oxygen atoms in total. The molecule has 2 heterocycles. The van der Waals surface area contributed by atoms with Gasteiger partial charge in [0.15, 0.2) is 5.75 Å². The van der Waals surface area contributed by atoms with E-state index >= 15 is 0 Å². The minimum atomic E-state index is -0.691. The van der Waals surface area contributed by atoms with E-state index in [0.717, 1.165) is 5.56 Å². The van der Waals surface area contributed by atoms with Gasteiger partial charge in [-0.1, -0.05) is 17.7 Å². The maximum atomic E-state index is 12.5. The van der Waals surface area contributed by atoms with Crippen LogP contribution in [-0.4, -0.2) is 15.6 Å². The van der Waals surface area contributed by atoms with Crippen molar-refractivity contribution in [1.82, 2.24) is 4.57 Å². The number of nitrogens with one attached hydrogen (secondary N) is 1. The van der Waals surface area contributed by atoms with Gasteiger partial charge in [-0.2, -0.15) is 0 Å². The first kappa shape index (κ1) is 15.6. The topological polar surface area (TPSA) is 71.3 Å². The molecule has 0 spiro atoms. The molecule has 0 saturated heterocycles. The summed E-state index contributed by atoms with van der Waals surface area (Å²) < 4.78 is 1.84. The van der Waals surface area contributed by atoms with Gasteiger partial charge in [0.25, 0.3) is 11.5 Å². The first-order valence-corrected chi connectivity index (χ1v) is 8.02. The molecule has 0 unspecified atom stereocenters. The second-order valence-electron chi connectivity index (χ2n) is 5.16. The van der Waals surface area contributed by atoms with E-state index in [1.807, 2.05) is 6.92 Å². The molecule has 2 N–H and O–H groups in total. The smallest absolute Gasteiger partial charge is 0.267 e. The molecule has 3 rings (SSSR count). The van der Waals surface area contributed by atoms with Gasteiger partial charge in [-0.15, -0.1) is 11.3 Å². The van der Waals surface area contributed by atoms with Crippen LogP contribution in [0.25, 0.3) is 10.2 Å². The third kappa shape index (κ3) is 2.60. The molecular formula is C16H13ClN2O3S. The molecule has 0 aliphatic carbocycles. The first-order valence-electron chi connectivity index (χ1n) is 6.77. The predicted octanol–water partition coefficient (Wildman–Crippen LogP) is 3.52. The largest absolute Gasteiger partial charge is 0.505 e. The Hall–Kier alpha value is -2.31. The third-order valence-corrected chi connectivity index (χ3v) is 4.80. The van der Waals surface area contributed by atoms with Gasteiger partial charge in [0, 0.05) is 7.05 Å². The Balaban J connectivity index is 2.09. The molecule has 1 aromatic carbocycles. The fourth-order valence-electron chi connectivity index (χ4n) is 2.35. The standard InChI is InChI=1S/C16H13ClN2O3S/c1-8-3-4-10(9(17)7-8)18-15(21)12-13(20)14-11(5-6-23-14)19(2)16(12)22/h3-7,20H,1-2H3,(H,18,21). The van der Waals surface area contributed by atoms with Gasteiger partial charge in [-0.05, 0) is 36.1 Å². The van der Waals surface area contributed by atoms with Gasteiger partial charge in [0.2, 0.25) is 0 Å². The van der Waals surface area contributed by atoms with E-state index in [1.165, 1.54) is 15.9 Å². The van der Waals surface area contributed by atoms with Crippen molar-refractivity contribution in [3.8, 4) is 5.75 Å². The zero-order chi connectivity index (χ0) is 16.7. The van der Waals surface area contributed by atoms with Crippen molar-refractivity contribution in [3.63, 3.8) is 0 Å². The summed E-state index contributed by atoms with van der Waals surface area (Å²) in [6, 6.07) is 6.87. The highest BCUT2D eigenvalue weighted by molar-refractivity contribution is 7.17. The van der Waals surface area contributed by atoms with Gasteiger partial charge in [-0.3, -0.25) is 9.59 Å². The molecule has 23 heavy (non-hydrogen) atoms. The number of halogens is 1. The summed E-state index contributed by atoms with van der Waals surface area (Å²) in [5.74, 6) is -0.997. The number of pyridine rings is 1. The summed E-state index contributed by atoms with van der Waals surface area (Å²) in [7, 11) is 1.56. The number of fused-ring (bicyclic) bond motifs is 1. The molecule has 0 aliphatic rings. The van der Waals surface area contributed by atoms with Crippen LogP contribution >= 0.6 is 22.9 Å². The summed E-state index contributed by atoms with van der Waals surface area (Å²) in [5.41, 5.74) is 1.07. The maximum Gasteiger partial charge on any atom is 0.267 e. The number of benzene rings is 1. The first-order chi connectivity index (χ1) is 10.9. The van der Waals surface area contributed by atoms with Crippen molar-refractivity contribution >= 4 is 44.7 Å². The van der Waals surface area contributed by atoms with E-state index in [-0.39, 0.29) is 11.3 Å². The van der Waals surface area contributed by atoms with Crippen molar-refractivity contribution in [2.45, 2.75) is 6.92 Å². The quantitative estimate of drug-likeness (QED) is 0.744. The predicted molar refractivity (Wildman–Crippen MR) is 92.9 cm³/mol. The molecule has 0 aliphatic heterocycles. The monoisotopic (exact) mass is 348 g/mol. The number of aryl methyl sites for hydroxylation is 2. The maximum absolute atomic E-state index is 12.5. The Morgan fingerprint density at radius 2 is 2.09 bits per heavy atom. The summed E-state index contributed by atoms with van der Waals surface area (Å²) in [5, 5.41) is 15.0. The number of rotatable bonds is 2. The van der Waals surface area contributed by atoms with Crippen molar-refractivity contribution in [2.24, 2.45) is 7.05 Å². The minimum absolute atomic E-state index is 0.293. The second kappa shape index (κ2) is 5.72. The second-order valence-corrected chi connectivity index (χ2v) is 6.48. The van der Waals surface area contributed by atoms with E-state index in [4.69, 9.17) is 11.6 Å². The molecule has 0 saturated carbocycles. The lowest BCUT2D eigenvalue weighted by Crippen LogP contribution is -2.28. The van der Waals surface area contributed by atoms with Gasteiger partial charge >= 0.3 is 0 Å². The number of thiophene rings is 1. The summed E-state index contributed by atoms with van der Waals surface area (Å²) in [4.78, 5) is 24.9. The lowest BCUT2D eigenvalue weighted by atomic mass is 10.2. The van der Waals surface area contributed by atoms with Crippen molar-refractivity contribution in [1.29, 1.82) is 0 Å². The van der Waals surface area contributed by atoms with Crippen LogP contribution in [0.2, 0.25) is 5.02 Å². The summed E-state index contributed by atoms with van der Waals surface area (Å²) in [6.07, 6.45) is 0. The molecule has 7 heteroatoms. The average Bonchev–Trinajstić information content (AvgIpc) is 2.98. The highest BCUT2D eigenvalue weighted by Crippen LogP contribution is 2.31. The highest BCUT2D eigenvalue weighted by atomic mass is 35.5. The van der Waals surface area contributed by atoms with E-state index < -0.39 is 11.5 Å². The Bertz CT molecular complexity index is 991. The number of aromatic hydroxyl groups is 1. The average molecular weight is 349 g/mol. The number of nitrogens with zero attached hydrogens (tertiary/aromatic N) is 1. The Morgan fingerprint density at radius 1 is 1.35 bits per heavy atom. The van der Waals surface area contributed by atoms with Crippen LogP contribution in [-0.2, 0) is 7.05 Å². The molecular weight excluding hydrogens is 336 g/mol. The minimum Gasteiger partial charge on any atom is -0.505 e. The molecule has 118 valence electrons. The number of aromatic nitrogens is 1. The zero-order valence-corrected chi connectivity index (χ0v) is 14.0. The van der Waals surface area contributed by atoms with Crippen molar-refractivity contribution in [2.75, 3.05) is 5.32 Å². The van der Waals surface area contributed by atoms with Crippen LogP contribution < -0.4 is 10.9 Å². The number of hydrogen-bond donors (Lipinski definition) is 2. The van der Waals surface area contributed by atoms with Crippen LogP contribution in [0.3, 0.4) is 0 Å². The number of carbonyl (C=O) groups is 1. The lowest BCUT2D eigenvalue weighted by Gasteiger charge is -2.11. The molecule has 1 amide bonds. The Morgan fingerprint density at radius 3 is 2.78 bits per heavy atom. The molecule has 0 fully saturated rings. The number of anilines is 1. The number of carbonyl (C=O) groups excluding carboxylic acids is 1. The number of amides is 1. The highest BCUT2D eigenvalue weighted by Gasteiger charge is 2.22. The zero-order valence-electron chi connectivity index (χ0n) is 12.4. The normalized spacial score (nSPS) is 10.9. The van der Waals surface area contributed by atoms with Crippen LogP contribution in [0.1, 0.15) is 15.9 Å². The van der Waals surface area contributed by atoms with E-state index in [9.17, 15) is 14.7 Å². The third-order valence-electron chi connectivity index (χ3n) is 3.58. The van der Waals surface area contributed by atoms with Crippen LogP contribution in [0.5, 0.6) is 5.75 Å². The van der Waals surface area contributed by atoms with Crippen LogP contribution in [0, 0.1) is 6.92 Å². The van der Waals surface area contributed by atoms with E-state index in [2.05, 4.69) is 5.32 Å². The Labute approximate surface area is 140 Å². The molecule has 2 aromatic heterocycles. The Kier molecular flexibility index (Phi) is 3.87. The van der Waals surface area contributed by atoms with Gasteiger partial charge in [-0.25, -0.2) is 0 Å². The fourth-order valence-corrected chi connectivity index (χ4v) is 3.50. The SMILES string of the molecule is Cc1ccc(NC(=O)c2c(O)c3sccc3n(C)c2=O)c(Cl)c1. The van der Waals surface area contributed by atoms with Gasteiger partial charge in [0.1, 0.15) is 5.56 Å². The van der Waals surface area contributed by atoms with Crippen LogP contribution in [0.15, 0.2) is 34.4 Å². The lowest BCUT2D eigenvalue weighted by molar-refractivity contribution is 0.102. The summed E-state index contributed by atoms with van der Waals surface area (Å²) in [6.45, 7) is 1.88. The van der Waals surface area contributed by atoms with E-state index in [0.29, 0.717) is 20.9 Å². The molecule has 0 radical (unpaired) electrons. The van der Waals surface area contributed by atoms with Gasteiger partial charge < -0.3 is 15.0 Å². The van der Waals surface area contributed by atoms with Crippen molar-refractivity contribution < 1.29 is 9.90 Å². The van der Waals surface area contributed by atoms with Gasteiger partial charge in [0.05, 0.1) is 20.9 Å².